The van der Waals surface area contributed by atoms with Gasteiger partial charge in [0.2, 0.25) is 5.88 Å². The summed E-state index contributed by atoms with van der Waals surface area (Å²) in [5.74, 6) is 6.20. The van der Waals surface area contributed by atoms with E-state index < -0.39 is 0 Å². The second-order valence-electron chi connectivity index (χ2n) is 2.85. The van der Waals surface area contributed by atoms with Crippen LogP contribution in [0.5, 0.6) is 5.88 Å². The lowest BCUT2D eigenvalue weighted by Gasteiger charge is -2.06. The Bertz CT molecular complexity index is 283. The highest BCUT2D eigenvalue weighted by molar-refractivity contribution is 5.35. The monoisotopic (exact) mass is 212 g/mol. The molecule has 0 saturated heterocycles. The van der Waals surface area contributed by atoms with E-state index in [9.17, 15) is 0 Å². The van der Waals surface area contributed by atoms with Crippen LogP contribution in [0.4, 0.5) is 5.82 Å². The average Bonchev–Trinajstić information content (AvgIpc) is 2.29. The number of hydrogen-bond acceptors (Lipinski definition) is 6. The Morgan fingerprint density at radius 2 is 2.20 bits per heavy atom. The minimum absolute atomic E-state index is 0.473. The molecule has 3 N–H and O–H groups in total. The van der Waals surface area contributed by atoms with Gasteiger partial charge in [0.1, 0.15) is 18.8 Å². The molecule has 0 amide bonds. The Labute approximate surface area is 88.8 Å². The van der Waals surface area contributed by atoms with E-state index in [2.05, 4.69) is 22.3 Å². The van der Waals surface area contributed by atoms with Gasteiger partial charge in [0.05, 0.1) is 6.61 Å². The van der Waals surface area contributed by atoms with Crippen molar-refractivity contribution >= 4 is 5.82 Å². The highest BCUT2D eigenvalue weighted by Crippen LogP contribution is 2.09. The van der Waals surface area contributed by atoms with Crippen LogP contribution >= 0.6 is 0 Å². The molecule has 6 heteroatoms. The van der Waals surface area contributed by atoms with Crippen molar-refractivity contribution in [3.63, 3.8) is 0 Å². The second kappa shape index (κ2) is 6.97. The van der Waals surface area contributed by atoms with E-state index in [4.69, 9.17) is 15.3 Å². The van der Waals surface area contributed by atoms with Crippen molar-refractivity contribution in [3.8, 4) is 5.88 Å². The number of ether oxygens (including phenoxy) is 2. The van der Waals surface area contributed by atoms with Gasteiger partial charge in [-0.3, -0.25) is 0 Å². The van der Waals surface area contributed by atoms with E-state index in [0.717, 1.165) is 13.0 Å². The molecule has 0 aliphatic rings. The standard InChI is InChI=1S/C9H16N4O2/c1-2-3-14-4-5-15-9-6-8(13-10)11-7-12-9/h6-7H,2-5,10H2,1H3,(H,11,12,13). The first-order valence-corrected chi connectivity index (χ1v) is 4.86. The SMILES string of the molecule is CCCOCCOc1cc(NN)ncn1. The first-order valence-electron chi connectivity index (χ1n) is 4.86. The Kier molecular flexibility index (Phi) is 5.42. The predicted octanol–water partition coefficient (Wildman–Crippen LogP) is 0.568. The fourth-order valence-electron chi connectivity index (χ4n) is 0.949. The molecular formula is C9H16N4O2. The minimum atomic E-state index is 0.473. The van der Waals surface area contributed by atoms with Crippen molar-refractivity contribution in [1.29, 1.82) is 0 Å². The van der Waals surface area contributed by atoms with Gasteiger partial charge in [-0.05, 0) is 6.42 Å². The van der Waals surface area contributed by atoms with Crippen molar-refractivity contribution in [2.24, 2.45) is 5.84 Å². The van der Waals surface area contributed by atoms with E-state index in [1.54, 1.807) is 6.07 Å². The molecule has 1 rings (SSSR count). The van der Waals surface area contributed by atoms with E-state index >= 15 is 0 Å². The molecule has 0 fully saturated rings. The summed E-state index contributed by atoms with van der Waals surface area (Å²) in [6, 6.07) is 1.62. The maximum Gasteiger partial charge on any atom is 0.218 e. The first-order chi connectivity index (χ1) is 7.36. The van der Waals surface area contributed by atoms with Crippen LogP contribution < -0.4 is 16.0 Å². The quantitative estimate of drug-likeness (QED) is 0.390. The number of rotatable bonds is 7. The Balaban J connectivity index is 2.24. The second-order valence-corrected chi connectivity index (χ2v) is 2.85. The Morgan fingerprint density at radius 3 is 2.93 bits per heavy atom. The normalized spacial score (nSPS) is 10.0. The van der Waals surface area contributed by atoms with Gasteiger partial charge < -0.3 is 14.9 Å². The molecule has 0 atom stereocenters. The molecule has 0 bridgehead atoms. The molecule has 0 radical (unpaired) electrons. The molecule has 1 aromatic heterocycles. The van der Waals surface area contributed by atoms with Crippen molar-refractivity contribution in [1.82, 2.24) is 9.97 Å². The van der Waals surface area contributed by atoms with E-state index in [1.165, 1.54) is 6.33 Å². The summed E-state index contributed by atoms with van der Waals surface area (Å²) in [6.07, 6.45) is 2.40. The maximum atomic E-state index is 5.32. The van der Waals surface area contributed by atoms with Gasteiger partial charge in [-0.2, -0.15) is 0 Å². The summed E-state index contributed by atoms with van der Waals surface area (Å²) in [4.78, 5) is 7.78. The highest BCUT2D eigenvalue weighted by atomic mass is 16.5. The van der Waals surface area contributed by atoms with Crippen LogP contribution in [0.25, 0.3) is 0 Å². The Hall–Kier alpha value is -1.40. The van der Waals surface area contributed by atoms with E-state index in [0.29, 0.717) is 24.9 Å². The van der Waals surface area contributed by atoms with Crippen LogP contribution in [0.3, 0.4) is 0 Å². The number of hydrogen-bond donors (Lipinski definition) is 2. The van der Waals surface area contributed by atoms with Gasteiger partial charge >= 0.3 is 0 Å². The molecule has 0 unspecified atom stereocenters. The number of nitrogen functional groups attached to an aromatic ring is 1. The number of hydrazine groups is 1. The van der Waals surface area contributed by atoms with Crippen LogP contribution in [0, 0.1) is 0 Å². The molecule has 84 valence electrons. The molecule has 15 heavy (non-hydrogen) atoms. The number of aromatic nitrogens is 2. The molecule has 0 aliphatic heterocycles. The van der Waals surface area contributed by atoms with Gasteiger partial charge in [0.15, 0.2) is 0 Å². The minimum Gasteiger partial charge on any atom is -0.475 e. The molecule has 0 aliphatic carbocycles. The third-order valence-electron chi connectivity index (χ3n) is 1.62. The largest absolute Gasteiger partial charge is 0.475 e. The van der Waals surface area contributed by atoms with E-state index in [1.807, 2.05) is 0 Å². The zero-order valence-electron chi connectivity index (χ0n) is 8.77. The fraction of sp³-hybridized carbons (Fsp3) is 0.556. The molecule has 6 nitrogen and oxygen atoms in total. The fourth-order valence-corrected chi connectivity index (χ4v) is 0.949. The summed E-state index contributed by atoms with van der Waals surface area (Å²) in [6.45, 7) is 3.84. The van der Waals surface area contributed by atoms with E-state index in [-0.39, 0.29) is 0 Å². The molecule has 0 saturated carbocycles. The summed E-state index contributed by atoms with van der Waals surface area (Å²) in [7, 11) is 0. The lowest BCUT2D eigenvalue weighted by atomic mass is 10.5. The summed E-state index contributed by atoms with van der Waals surface area (Å²) < 4.78 is 10.6. The predicted molar refractivity (Wildman–Crippen MR) is 56.4 cm³/mol. The third kappa shape index (κ3) is 4.57. The molecule has 1 aromatic rings. The van der Waals surface area contributed by atoms with Gasteiger partial charge in [-0.25, -0.2) is 15.8 Å². The number of nitrogens with zero attached hydrogens (tertiary/aromatic N) is 2. The third-order valence-corrected chi connectivity index (χ3v) is 1.62. The summed E-state index contributed by atoms with van der Waals surface area (Å²) >= 11 is 0. The van der Waals surface area contributed by atoms with Gasteiger partial charge in [0.25, 0.3) is 0 Å². The van der Waals surface area contributed by atoms with Crippen LogP contribution in [0.15, 0.2) is 12.4 Å². The first kappa shape index (κ1) is 11.7. The maximum absolute atomic E-state index is 5.32. The zero-order chi connectivity index (χ0) is 10.9. The van der Waals surface area contributed by atoms with Crippen LogP contribution in [0.2, 0.25) is 0 Å². The van der Waals surface area contributed by atoms with Crippen LogP contribution in [-0.2, 0) is 4.74 Å². The van der Waals surface area contributed by atoms with Crippen molar-refractivity contribution in [2.45, 2.75) is 13.3 Å². The molecular weight excluding hydrogens is 196 g/mol. The van der Waals surface area contributed by atoms with Gasteiger partial charge in [-0.1, -0.05) is 6.92 Å². The van der Waals surface area contributed by atoms with Crippen molar-refractivity contribution in [2.75, 3.05) is 25.2 Å². The van der Waals surface area contributed by atoms with Crippen LogP contribution in [0.1, 0.15) is 13.3 Å². The van der Waals surface area contributed by atoms with Crippen LogP contribution in [-0.4, -0.2) is 29.8 Å². The summed E-state index contributed by atoms with van der Waals surface area (Å²) in [5.41, 5.74) is 2.42. The molecule has 1 heterocycles. The average molecular weight is 212 g/mol. The number of nitrogens with two attached hydrogens (primary N) is 1. The topological polar surface area (TPSA) is 82.3 Å². The smallest absolute Gasteiger partial charge is 0.218 e. The number of nitrogens with one attached hydrogen (secondary N) is 1. The number of anilines is 1. The van der Waals surface area contributed by atoms with Gasteiger partial charge in [0, 0.05) is 12.7 Å². The summed E-state index contributed by atoms with van der Waals surface area (Å²) in [5, 5.41) is 0. The Morgan fingerprint density at radius 1 is 1.33 bits per heavy atom. The molecule has 0 aromatic carbocycles. The molecule has 0 spiro atoms. The van der Waals surface area contributed by atoms with Crippen molar-refractivity contribution < 1.29 is 9.47 Å². The lowest BCUT2D eigenvalue weighted by Crippen LogP contribution is -2.11. The highest BCUT2D eigenvalue weighted by Gasteiger charge is 1.97. The lowest BCUT2D eigenvalue weighted by molar-refractivity contribution is 0.0990. The zero-order valence-corrected chi connectivity index (χ0v) is 8.77. The van der Waals surface area contributed by atoms with Gasteiger partial charge in [-0.15, -0.1) is 0 Å². The van der Waals surface area contributed by atoms with Crippen molar-refractivity contribution in [3.05, 3.63) is 12.4 Å².